The van der Waals surface area contributed by atoms with Gasteiger partial charge in [0.2, 0.25) is 5.91 Å². The van der Waals surface area contributed by atoms with Crippen molar-refractivity contribution in [1.82, 2.24) is 10.3 Å². The molecule has 90 valence electrons. The van der Waals surface area contributed by atoms with Crippen molar-refractivity contribution in [2.75, 3.05) is 0 Å². The summed E-state index contributed by atoms with van der Waals surface area (Å²) in [5.74, 6) is -1.09. The van der Waals surface area contributed by atoms with E-state index in [9.17, 15) is 9.59 Å². The fourth-order valence-electron chi connectivity index (χ4n) is 1.02. The molecule has 0 aromatic carbocycles. The number of aromatic nitrogens is 1. The van der Waals surface area contributed by atoms with E-state index in [1.165, 1.54) is 19.2 Å². The van der Waals surface area contributed by atoms with Crippen molar-refractivity contribution < 1.29 is 9.59 Å². The lowest BCUT2D eigenvalue weighted by atomic mass is 10.2. The summed E-state index contributed by atoms with van der Waals surface area (Å²) < 4.78 is 0. The number of hydrogen-bond donors (Lipinski definition) is 3. The topological polar surface area (TPSA) is 111 Å². The summed E-state index contributed by atoms with van der Waals surface area (Å²) in [7, 11) is 0. The van der Waals surface area contributed by atoms with Crippen molar-refractivity contribution in [3.8, 4) is 0 Å². The molecule has 1 unspecified atom stereocenters. The number of carbonyl (C=O) groups is 2. The summed E-state index contributed by atoms with van der Waals surface area (Å²) in [6.45, 7) is 1.49. The van der Waals surface area contributed by atoms with Crippen LogP contribution in [0, 0.1) is 0 Å². The molecule has 0 saturated heterocycles. The maximum absolute atomic E-state index is 11.6. The van der Waals surface area contributed by atoms with Crippen LogP contribution in [-0.4, -0.2) is 27.8 Å². The predicted molar refractivity (Wildman–Crippen MR) is 66.2 cm³/mol. The van der Waals surface area contributed by atoms with E-state index >= 15 is 0 Å². The van der Waals surface area contributed by atoms with E-state index in [0.29, 0.717) is 5.56 Å². The Balaban J connectivity index is 2.77. The molecule has 0 fully saturated rings. The summed E-state index contributed by atoms with van der Waals surface area (Å²) in [6.07, 6.45) is 1.40. The minimum atomic E-state index is -0.750. The molecule has 1 rings (SSSR count). The average molecular weight is 252 g/mol. The third-order valence-electron chi connectivity index (χ3n) is 2.06. The Kier molecular flexibility index (Phi) is 4.11. The highest BCUT2D eigenvalue weighted by Crippen LogP contribution is 2.00. The number of carbonyl (C=O) groups excluding carboxylic acids is 2. The summed E-state index contributed by atoms with van der Waals surface area (Å²) in [5, 5.41) is 2.40. The van der Waals surface area contributed by atoms with Crippen molar-refractivity contribution in [2.24, 2.45) is 11.5 Å². The smallest absolute Gasteiger partial charge is 0.270 e. The van der Waals surface area contributed by atoms with Crippen LogP contribution in [-0.2, 0) is 4.79 Å². The lowest BCUT2D eigenvalue weighted by Crippen LogP contribution is -2.42. The quantitative estimate of drug-likeness (QED) is 0.615. The largest absolute Gasteiger partial charge is 0.389 e. The van der Waals surface area contributed by atoms with Crippen LogP contribution < -0.4 is 16.8 Å². The second-order valence-electron chi connectivity index (χ2n) is 3.39. The van der Waals surface area contributed by atoms with E-state index < -0.39 is 17.9 Å². The van der Waals surface area contributed by atoms with E-state index in [1.807, 2.05) is 0 Å². The molecule has 0 aliphatic heterocycles. The maximum atomic E-state index is 11.6. The second-order valence-corrected chi connectivity index (χ2v) is 3.83. The van der Waals surface area contributed by atoms with Crippen LogP contribution in [0.3, 0.4) is 0 Å². The normalized spacial score (nSPS) is 11.6. The van der Waals surface area contributed by atoms with E-state index in [-0.39, 0.29) is 10.7 Å². The number of nitrogens with zero attached hydrogens (tertiary/aromatic N) is 1. The van der Waals surface area contributed by atoms with E-state index in [1.54, 1.807) is 6.07 Å². The molecule has 1 aromatic heterocycles. The lowest BCUT2D eigenvalue weighted by molar-refractivity contribution is -0.119. The highest BCUT2D eigenvalue weighted by Gasteiger charge is 2.14. The molecule has 0 bridgehead atoms. The van der Waals surface area contributed by atoms with Gasteiger partial charge in [0.05, 0.1) is 0 Å². The van der Waals surface area contributed by atoms with Crippen LogP contribution in [0.25, 0.3) is 0 Å². The first-order valence-electron chi connectivity index (χ1n) is 4.78. The van der Waals surface area contributed by atoms with Crippen molar-refractivity contribution in [3.05, 3.63) is 29.6 Å². The second kappa shape index (κ2) is 5.35. The fourth-order valence-corrected chi connectivity index (χ4v) is 1.14. The number of nitrogens with one attached hydrogen (secondary N) is 1. The van der Waals surface area contributed by atoms with Gasteiger partial charge in [0, 0.05) is 11.8 Å². The van der Waals surface area contributed by atoms with Gasteiger partial charge in [-0.25, -0.2) is 0 Å². The SMILES string of the molecule is CC(NC(=O)c1ccc(C(N)=S)cn1)C(N)=O. The van der Waals surface area contributed by atoms with Gasteiger partial charge in [-0.05, 0) is 19.1 Å². The van der Waals surface area contributed by atoms with E-state index in [4.69, 9.17) is 23.7 Å². The van der Waals surface area contributed by atoms with Gasteiger partial charge in [0.25, 0.3) is 5.91 Å². The monoisotopic (exact) mass is 252 g/mol. The number of pyridine rings is 1. The Morgan fingerprint density at radius 1 is 1.41 bits per heavy atom. The maximum Gasteiger partial charge on any atom is 0.270 e. The molecule has 7 heteroatoms. The minimum absolute atomic E-state index is 0.165. The first-order valence-corrected chi connectivity index (χ1v) is 5.18. The van der Waals surface area contributed by atoms with Gasteiger partial charge in [0.1, 0.15) is 16.7 Å². The van der Waals surface area contributed by atoms with E-state index in [2.05, 4.69) is 10.3 Å². The molecule has 6 nitrogen and oxygen atoms in total. The molecule has 2 amide bonds. The van der Waals surface area contributed by atoms with Crippen molar-refractivity contribution in [1.29, 1.82) is 0 Å². The summed E-state index contributed by atoms with van der Waals surface area (Å²) in [4.78, 5) is 26.4. The zero-order valence-electron chi connectivity index (χ0n) is 9.14. The number of amides is 2. The van der Waals surface area contributed by atoms with Gasteiger partial charge in [-0.15, -0.1) is 0 Å². The predicted octanol–water partition coefficient (Wildman–Crippen LogP) is -0.681. The molecular formula is C10H12N4O2S. The molecule has 0 spiro atoms. The van der Waals surface area contributed by atoms with Crippen molar-refractivity contribution >= 4 is 29.0 Å². The van der Waals surface area contributed by atoms with Crippen LogP contribution in [0.2, 0.25) is 0 Å². The average Bonchev–Trinajstić information content (AvgIpc) is 2.28. The standard InChI is InChI=1S/C10H12N4O2S/c1-5(8(11)15)14-10(16)7-3-2-6(4-13-7)9(12)17/h2-5H,1H3,(H2,11,15)(H2,12,17)(H,14,16). The van der Waals surface area contributed by atoms with Crippen LogP contribution in [0.5, 0.6) is 0 Å². The van der Waals surface area contributed by atoms with Crippen LogP contribution >= 0.6 is 12.2 Å². The van der Waals surface area contributed by atoms with Gasteiger partial charge >= 0.3 is 0 Å². The molecule has 1 aromatic rings. The van der Waals surface area contributed by atoms with Crippen LogP contribution in [0.4, 0.5) is 0 Å². The molecule has 0 radical (unpaired) electrons. The molecule has 5 N–H and O–H groups in total. The van der Waals surface area contributed by atoms with Gasteiger partial charge in [-0.1, -0.05) is 12.2 Å². The van der Waals surface area contributed by atoms with E-state index in [0.717, 1.165) is 0 Å². The van der Waals surface area contributed by atoms with Gasteiger partial charge < -0.3 is 16.8 Å². The molecule has 0 aliphatic carbocycles. The molecule has 0 aliphatic rings. The molecule has 0 saturated carbocycles. The molecular weight excluding hydrogens is 240 g/mol. The van der Waals surface area contributed by atoms with Gasteiger partial charge in [-0.3, -0.25) is 14.6 Å². The third-order valence-corrected chi connectivity index (χ3v) is 2.29. The lowest BCUT2D eigenvalue weighted by Gasteiger charge is -2.09. The molecule has 1 heterocycles. The summed E-state index contributed by atoms with van der Waals surface area (Å²) in [5.41, 5.74) is 11.1. The Morgan fingerprint density at radius 3 is 2.47 bits per heavy atom. The Hall–Kier alpha value is -2.02. The number of primary amides is 1. The number of thiocarbonyl (C=S) groups is 1. The number of nitrogens with two attached hydrogens (primary N) is 2. The first kappa shape index (κ1) is 13.0. The fraction of sp³-hybridized carbons (Fsp3) is 0.200. The first-order chi connectivity index (χ1) is 7.91. The highest BCUT2D eigenvalue weighted by molar-refractivity contribution is 7.80. The molecule has 1 atom stereocenters. The summed E-state index contributed by atoms with van der Waals surface area (Å²) in [6, 6.07) is 2.30. The molecule has 17 heavy (non-hydrogen) atoms. The third kappa shape index (κ3) is 3.49. The summed E-state index contributed by atoms with van der Waals surface area (Å²) >= 11 is 4.75. The van der Waals surface area contributed by atoms with Crippen LogP contribution in [0.15, 0.2) is 18.3 Å². The van der Waals surface area contributed by atoms with Gasteiger partial charge in [-0.2, -0.15) is 0 Å². The highest BCUT2D eigenvalue weighted by atomic mass is 32.1. The van der Waals surface area contributed by atoms with Crippen molar-refractivity contribution in [2.45, 2.75) is 13.0 Å². The minimum Gasteiger partial charge on any atom is -0.389 e. The van der Waals surface area contributed by atoms with Gasteiger partial charge in [0.15, 0.2) is 0 Å². The zero-order chi connectivity index (χ0) is 13.0. The Morgan fingerprint density at radius 2 is 2.06 bits per heavy atom. The van der Waals surface area contributed by atoms with Crippen molar-refractivity contribution in [3.63, 3.8) is 0 Å². The Labute approximate surface area is 103 Å². The number of rotatable bonds is 4. The Bertz CT molecular complexity index is 458. The van der Waals surface area contributed by atoms with Crippen LogP contribution in [0.1, 0.15) is 23.0 Å². The zero-order valence-corrected chi connectivity index (χ0v) is 9.95. The number of hydrogen-bond acceptors (Lipinski definition) is 4.